The Labute approximate surface area is 293 Å². The number of carbonyl (C=O) groups is 2. The fraction of sp³-hybridized carbons (Fsp3) is 0.941. The van der Waals surface area contributed by atoms with Gasteiger partial charge in [-0.15, -0.1) is 0 Å². The van der Waals surface area contributed by atoms with Gasteiger partial charge in [0.05, 0.1) is 0 Å². The summed E-state index contributed by atoms with van der Waals surface area (Å²) in [7, 11) is 0. The van der Waals surface area contributed by atoms with E-state index < -0.39 is 11.9 Å². The van der Waals surface area contributed by atoms with E-state index in [1.165, 1.54) is 128 Å². The number of aliphatic carboxylic acids is 2. The molecule has 43 heavy (non-hydrogen) atoms. The average Bonchev–Trinajstić information content (AvgIpc) is 2.92. The Hall–Kier alpha value is 0.128. The van der Waals surface area contributed by atoms with E-state index in [4.69, 9.17) is 11.5 Å². The minimum atomic E-state index is -0.907. The number of nitrogens with two attached hydrogens (primary N) is 2. The molecule has 6 nitrogen and oxygen atoms in total. The number of carboxylic acids is 2. The average molecular weight is 835 g/mol. The zero-order valence-corrected chi connectivity index (χ0v) is 31.6. The maximum Gasteiger partial charge on any atom is 4.00 e. The predicted molar refractivity (Wildman–Crippen MR) is 167 cm³/mol. The van der Waals surface area contributed by atoms with Crippen molar-refractivity contribution >= 4 is 11.9 Å². The standard InChI is InChI=1S/2C14H28O2.C6H14N2.2ClH.Pt/c2*1-2-3-4-5-6-7-8-9-10-11-12-13-14(15)16;7-5-3-1-2-4-6(5)8;;;/h2*2-13H2,1H3,(H,15,16);5-6H,1-4,7-8H2;2*1H;/q;;;;;+4/p-4/t;;5-,6-;;;/m..1.../s1. The van der Waals surface area contributed by atoms with E-state index >= 15 is 0 Å². The number of carbonyl (C=O) groups excluding carboxylic acids is 2. The molecule has 0 saturated heterocycles. The smallest absolute Gasteiger partial charge is 1.00 e. The van der Waals surface area contributed by atoms with Crippen molar-refractivity contribution < 1.29 is 65.7 Å². The van der Waals surface area contributed by atoms with Gasteiger partial charge >= 0.3 is 21.1 Å². The Morgan fingerprint density at radius 3 is 0.884 bits per heavy atom. The molecule has 0 aliphatic heterocycles. The van der Waals surface area contributed by atoms with Crippen LogP contribution in [0.1, 0.15) is 194 Å². The van der Waals surface area contributed by atoms with Crippen LogP contribution in [0, 0.1) is 0 Å². The van der Waals surface area contributed by atoms with Crippen molar-refractivity contribution in [2.45, 2.75) is 206 Å². The minimum Gasteiger partial charge on any atom is -1.00 e. The largest absolute Gasteiger partial charge is 4.00 e. The van der Waals surface area contributed by atoms with E-state index in [0.717, 1.165) is 38.5 Å². The number of unbranched alkanes of at least 4 members (excludes halogenated alkanes) is 20. The van der Waals surface area contributed by atoms with Crippen molar-refractivity contribution in [2.24, 2.45) is 11.5 Å². The molecule has 0 unspecified atom stereocenters. The van der Waals surface area contributed by atoms with Crippen LogP contribution < -0.4 is 46.5 Å². The first-order valence-electron chi connectivity index (χ1n) is 17.3. The third-order valence-corrected chi connectivity index (χ3v) is 7.84. The molecule has 0 aromatic carbocycles. The second kappa shape index (κ2) is 44.3. The van der Waals surface area contributed by atoms with Crippen LogP contribution in [0.2, 0.25) is 0 Å². The zero-order chi connectivity index (χ0) is 30.1. The molecular weight excluding hydrogens is 766 g/mol. The van der Waals surface area contributed by atoms with E-state index in [1.807, 2.05) is 0 Å². The molecule has 4 N–H and O–H groups in total. The van der Waals surface area contributed by atoms with Gasteiger partial charge in [0.25, 0.3) is 0 Å². The van der Waals surface area contributed by atoms with E-state index in [2.05, 4.69) is 13.8 Å². The molecule has 262 valence electrons. The Balaban J connectivity index is -0.000000170. The van der Waals surface area contributed by atoms with Gasteiger partial charge in [-0.05, 0) is 38.5 Å². The zero-order valence-electron chi connectivity index (χ0n) is 27.8. The van der Waals surface area contributed by atoms with Crippen molar-refractivity contribution in [3.63, 3.8) is 0 Å². The number of halogens is 2. The summed E-state index contributed by atoms with van der Waals surface area (Å²) in [5.41, 5.74) is 11.3. The SMILES string of the molecule is CCCCCCCCCCCCCC(=O)[O-].CCCCCCCCCCCCCC(=O)[O-].N[C@@H]1CCCC[C@H]1N.[Cl-].[Cl-].[Pt+4]. The fourth-order valence-corrected chi connectivity index (χ4v) is 5.06. The van der Waals surface area contributed by atoms with E-state index in [9.17, 15) is 19.8 Å². The second-order valence-electron chi connectivity index (χ2n) is 11.9. The summed E-state index contributed by atoms with van der Waals surface area (Å²) in [5.74, 6) is -1.81. The van der Waals surface area contributed by atoms with Crippen molar-refractivity contribution in [1.82, 2.24) is 0 Å². The molecule has 0 spiro atoms. The third kappa shape index (κ3) is 49.2. The Morgan fingerprint density at radius 2 is 0.698 bits per heavy atom. The first kappa shape index (κ1) is 52.7. The van der Waals surface area contributed by atoms with Crippen molar-refractivity contribution in [2.75, 3.05) is 0 Å². The number of hydrogen-bond donors (Lipinski definition) is 2. The fourth-order valence-electron chi connectivity index (χ4n) is 5.06. The molecule has 1 aliphatic rings. The topological polar surface area (TPSA) is 132 Å². The van der Waals surface area contributed by atoms with Crippen LogP contribution in [0.3, 0.4) is 0 Å². The van der Waals surface area contributed by atoms with Crippen LogP contribution in [0.15, 0.2) is 0 Å². The van der Waals surface area contributed by atoms with Crippen LogP contribution in [0.4, 0.5) is 0 Å². The van der Waals surface area contributed by atoms with E-state index in [-0.39, 0.29) is 70.8 Å². The van der Waals surface area contributed by atoms with Crippen LogP contribution in [0.25, 0.3) is 0 Å². The maximum atomic E-state index is 10.1. The number of hydrogen-bond acceptors (Lipinski definition) is 6. The first-order chi connectivity index (χ1) is 19.3. The van der Waals surface area contributed by atoms with Gasteiger partial charge in [-0.2, -0.15) is 0 Å². The van der Waals surface area contributed by atoms with Crippen LogP contribution in [0.5, 0.6) is 0 Å². The molecule has 9 heteroatoms. The molecule has 0 amide bonds. The Bertz CT molecular complexity index is 503. The first-order valence-corrected chi connectivity index (χ1v) is 17.3. The summed E-state index contributed by atoms with van der Waals surface area (Å²) in [6.07, 6.45) is 32.9. The molecule has 2 atom stereocenters. The molecule has 0 aromatic rings. The normalized spacial score (nSPS) is 15.3. The van der Waals surface area contributed by atoms with Gasteiger partial charge < -0.3 is 56.1 Å². The maximum absolute atomic E-state index is 10.1. The van der Waals surface area contributed by atoms with Gasteiger partial charge in [0.2, 0.25) is 0 Å². The molecule has 0 radical (unpaired) electrons. The van der Waals surface area contributed by atoms with E-state index in [0.29, 0.717) is 0 Å². The molecule has 1 rings (SSSR count). The third-order valence-electron chi connectivity index (χ3n) is 7.84. The van der Waals surface area contributed by atoms with Crippen molar-refractivity contribution in [1.29, 1.82) is 0 Å². The summed E-state index contributed by atoms with van der Waals surface area (Å²) < 4.78 is 0. The van der Waals surface area contributed by atoms with Gasteiger partial charge in [-0.3, -0.25) is 0 Å². The summed E-state index contributed by atoms with van der Waals surface area (Å²) >= 11 is 0. The summed E-state index contributed by atoms with van der Waals surface area (Å²) in [6.45, 7) is 4.49. The quantitative estimate of drug-likeness (QED) is 0.140. The molecular formula is C34H68Cl2N2O4Pt. The van der Waals surface area contributed by atoms with Crippen LogP contribution >= 0.6 is 0 Å². The van der Waals surface area contributed by atoms with Gasteiger partial charge in [0.1, 0.15) is 0 Å². The van der Waals surface area contributed by atoms with Crippen LogP contribution in [-0.4, -0.2) is 24.0 Å². The summed E-state index contributed by atoms with van der Waals surface area (Å²) in [6, 6.07) is 0.562. The number of carboxylic acid groups (broad SMARTS) is 2. The van der Waals surface area contributed by atoms with Crippen molar-refractivity contribution in [3.8, 4) is 0 Å². The monoisotopic (exact) mass is 833 g/mol. The molecule has 0 heterocycles. The van der Waals surface area contributed by atoms with Gasteiger partial charge in [-0.25, -0.2) is 0 Å². The Kier molecular flexibility index (Phi) is 54.2. The molecule has 1 fully saturated rings. The summed E-state index contributed by atoms with van der Waals surface area (Å²) in [4.78, 5) is 20.3. The second-order valence-corrected chi connectivity index (χ2v) is 11.9. The summed E-state index contributed by atoms with van der Waals surface area (Å²) in [5, 5.41) is 20.3. The van der Waals surface area contributed by atoms with Gasteiger partial charge in [-0.1, -0.05) is 155 Å². The molecule has 1 aliphatic carbocycles. The molecule has 0 aromatic heterocycles. The van der Waals surface area contributed by atoms with E-state index in [1.54, 1.807) is 0 Å². The number of rotatable bonds is 24. The van der Waals surface area contributed by atoms with Gasteiger partial charge in [0.15, 0.2) is 0 Å². The minimum absolute atomic E-state index is 0. The molecule has 1 saturated carbocycles. The molecule has 0 bridgehead atoms. The predicted octanol–water partition coefficient (Wildman–Crippen LogP) is 1.10. The van der Waals surface area contributed by atoms with Crippen LogP contribution in [-0.2, 0) is 30.7 Å². The van der Waals surface area contributed by atoms with Gasteiger partial charge in [0, 0.05) is 24.0 Å². The van der Waals surface area contributed by atoms with Crippen molar-refractivity contribution in [3.05, 3.63) is 0 Å². The Morgan fingerprint density at radius 1 is 0.488 bits per heavy atom.